The van der Waals surface area contributed by atoms with Gasteiger partial charge in [0.25, 0.3) is 0 Å². The SMILES string of the molecule is NC(=O)O.O=[PH2]O. The second-order valence-corrected chi connectivity index (χ2v) is 0.654. The quantitative estimate of drug-likeness (QED) is 0.373. The van der Waals surface area contributed by atoms with Gasteiger partial charge in [-0.05, 0) is 0 Å². The minimum absolute atomic E-state index is 1.33. The molecule has 0 aliphatic carbocycles. The third-order valence-electron chi connectivity index (χ3n) is 0. The van der Waals surface area contributed by atoms with Gasteiger partial charge in [-0.2, -0.15) is 0 Å². The molecule has 6 heteroatoms. The maximum Gasteiger partial charge on any atom is 0.402 e. The highest BCUT2D eigenvalue weighted by molar-refractivity contribution is 7.16. The van der Waals surface area contributed by atoms with Crippen LogP contribution in [0.25, 0.3) is 0 Å². The van der Waals surface area contributed by atoms with Crippen molar-refractivity contribution in [3.63, 3.8) is 0 Å². The van der Waals surface area contributed by atoms with Crippen LogP contribution in [0.1, 0.15) is 0 Å². The van der Waals surface area contributed by atoms with Crippen molar-refractivity contribution in [3.8, 4) is 0 Å². The molecule has 1 atom stereocenters. The minimum Gasteiger partial charge on any atom is -0.465 e. The van der Waals surface area contributed by atoms with E-state index in [2.05, 4.69) is 5.73 Å². The molecule has 0 radical (unpaired) electrons. The van der Waals surface area contributed by atoms with E-state index in [0.29, 0.717) is 0 Å². The van der Waals surface area contributed by atoms with E-state index >= 15 is 0 Å². The van der Waals surface area contributed by atoms with Crippen molar-refractivity contribution >= 4 is 14.8 Å². The average Bonchev–Trinajstić information content (AvgIpc) is 1.33. The second-order valence-electron chi connectivity index (χ2n) is 0.444. The van der Waals surface area contributed by atoms with Crippen LogP contribution in [0, 0.1) is 0 Å². The number of rotatable bonds is 0. The van der Waals surface area contributed by atoms with Crippen molar-refractivity contribution in [1.82, 2.24) is 0 Å². The van der Waals surface area contributed by atoms with Crippen LogP contribution >= 0.6 is 8.69 Å². The molecular formula is CH6NO4P. The van der Waals surface area contributed by atoms with Crippen LogP contribution in [-0.2, 0) is 4.57 Å². The molecule has 0 saturated carbocycles. The maximum absolute atomic E-state index is 8.78. The summed E-state index contributed by atoms with van der Waals surface area (Å²) in [5.74, 6) is 0. The molecule has 0 heterocycles. The van der Waals surface area contributed by atoms with Crippen molar-refractivity contribution in [1.29, 1.82) is 0 Å². The fourth-order valence-electron chi connectivity index (χ4n) is 0. The lowest BCUT2D eigenvalue weighted by molar-refractivity contribution is 0.205. The van der Waals surface area contributed by atoms with Crippen LogP contribution in [0.3, 0.4) is 0 Å². The Morgan fingerprint density at radius 3 is 1.71 bits per heavy atom. The molecule has 0 aliphatic rings. The van der Waals surface area contributed by atoms with Crippen LogP contribution in [0.2, 0.25) is 0 Å². The van der Waals surface area contributed by atoms with Crippen LogP contribution in [0.15, 0.2) is 0 Å². The Kier molecular flexibility index (Phi) is 12.5. The standard InChI is InChI=1S/CH3NO2.H3O2P/c2-1(3)4;1-3-2/h2H2,(H,3,4);3H2,(H,1,2). The van der Waals surface area contributed by atoms with Crippen LogP contribution < -0.4 is 5.73 Å². The van der Waals surface area contributed by atoms with E-state index in [1.54, 1.807) is 0 Å². The molecule has 7 heavy (non-hydrogen) atoms. The number of primary amides is 1. The van der Waals surface area contributed by atoms with Gasteiger partial charge in [-0.25, -0.2) is 4.79 Å². The molecule has 0 aliphatic heterocycles. The van der Waals surface area contributed by atoms with Crippen LogP contribution in [0.5, 0.6) is 0 Å². The van der Waals surface area contributed by atoms with Gasteiger partial charge in [-0.1, -0.05) is 0 Å². The Morgan fingerprint density at radius 1 is 1.71 bits per heavy atom. The first-order valence-corrected chi connectivity index (χ1v) is 2.20. The molecule has 0 aromatic carbocycles. The molecule has 1 amide bonds. The lowest BCUT2D eigenvalue weighted by Crippen LogP contribution is -2.03. The van der Waals surface area contributed by atoms with E-state index in [0.717, 1.165) is 0 Å². The van der Waals surface area contributed by atoms with E-state index < -0.39 is 14.8 Å². The Labute approximate surface area is 41.0 Å². The summed E-state index contributed by atoms with van der Waals surface area (Å²) in [5.41, 5.74) is 4.03. The number of carboxylic acid groups (broad SMARTS) is 1. The molecule has 0 fully saturated rings. The van der Waals surface area contributed by atoms with Gasteiger partial charge in [-0.3, -0.25) is 4.57 Å². The highest BCUT2D eigenvalue weighted by atomic mass is 31.1. The Bertz CT molecular complexity index is 58.7. The highest BCUT2D eigenvalue weighted by Gasteiger charge is 1.65. The zero-order valence-electron chi connectivity index (χ0n) is 3.37. The zero-order chi connectivity index (χ0) is 6.28. The molecular weight excluding hydrogens is 121 g/mol. The predicted molar refractivity (Wildman–Crippen MR) is 24.8 cm³/mol. The van der Waals surface area contributed by atoms with Crippen molar-refractivity contribution in [2.24, 2.45) is 5.73 Å². The summed E-state index contributed by atoms with van der Waals surface area (Å²) in [4.78, 5) is 15.9. The molecule has 0 bridgehead atoms. The molecule has 0 saturated heterocycles. The number of carbonyl (C=O) groups is 1. The summed E-state index contributed by atoms with van der Waals surface area (Å²) >= 11 is 0. The number of amides is 1. The first-order chi connectivity index (χ1) is 3.15. The van der Waals surface area contributed by atoms with E-state index in [4.69, 9.17) is 19.4 Å². The third-order valence-corrected chi connectivity index (χ3v) is 0. The molecule has 1 unspecified atom stereocenters. The molecule has 0 aromatic heterocycles. The van der Waals surface area contributed by atoms with Crippen LogP contribution in [0.4, 0.5) is 4.79 Å². The van der Waals surface area contributed by atoms with Gasteiger partial charge in [0.15, 0.2) is 8.69 Å². The normalized spacial score (nSPS) is 7.57. The smallest absolute Gasteiger partial charge is 0.402 e. The highest BCUT2D eigenvalue weighted by Crippen LogP contribution is 1.66. The molecule has 5 nitrogen and oxygen atoms in total. The van der Waals surface area contributed by atoms with Gasteiger partial charge in [0.05, 0.1) is 0 Å². The number of nitrogens with two attached hydrogens (primary N) is 1. The Morgan fingerprint density at radius 2 is 1.71 bits per heavy atom. The zero-order valence-corrected chi connectivity index (χ0v) is 4.52. The second kappa shape index (κ2) is 9.07. The van der Waals surface area contributed by atoms with Gasteiger partial charge in [0, 0.05) is 0 Å². The number of hydrogen-bond donors (Lipinski definition) is 3. The fraction of sp³-hybridized carbons (Fsp3) is 0. The van der Waals surface area contributed by atoms with Gasteiger partial charge in [0.2, 0.25) is 0 Å². The number of hydrogen-bond acceptors (Lipinski definition) is 2. The van der Waals surface area contributed by atoms with E-state index in [9.17, 15) is 0 Å². The first kappa shape index (κ1) is 9.68. The average molecular weight is 127 g/mol. The summed E-state index contributed by atoms with van der Waals surface area (Å²) in [6.07, 6.45) is -1.33. The summed E-state index contributed by atoms with van der Waals surface area (Å²) in [6.45, 7) is 0. The van der Waals surface area contributed by atoms with Crippen molar-refractivity contribution < 1.29 is 19.4 Å². The predicted octanol–water partition coefficient (Wildman–Crippen LogP) is -0.727. The lowest BCUT2D eigenvalue weighted by atomic mass is 11.3. The van der Waals surface area contributed by atoms with Gasteiger partial charge in [0.1, 0.15) is 0 Å². The van der Waals surface area contributed by atoms with Gasteiger partial charge < -0.3 is 15.7 Å². The fourth-order valence-corrected chi connectivity index (χ4v) is 0. The summed E-state index contributed by atoms with van der Waals surface area (Å²) in [7, 11) is -1.50. The van der Waals surface area contributed by atoms with Crippen molar-refractivity contribution in [2.45, 2.75) is 0 Å². The topological polar surface area (TPSA) is 101 Å². The van der Waals surface area contributed by atoms with Crippen molar-refractivity contribution in [3.05, 3.63) is 0 Å². The first-order valence-electron chi connectivity index (χ1n) is 1.21. The van der Waals surface area contributed by atoms with E-state index in [-0.39, 0.29) is 0 Å². The van der Waals surface area contributed by atoms with E-state index in [1.807, 2.05) is 0 Å². The summed E-state index contributed by atoms with van der Waals surface area (Å²) < 4.78 is 8.57. The molecule has 0 rings (SSSR count). The van der Waals surface area contributed by atoms with Gasteiger partial charge in [-0.15, -0.1) is 0 Å². The largest absolute Gasteiger partial charge is 0.465 e. The summed E-state index contributed by atoms with van der Waals surface area (Å²) in [6, 6.07) is 0. The molecule has 44 valence electrons. The van der Waals surface area contributed by atoms with Gasteiger partial charge >= 0.3 is 6.09 Å². The Hall–Kier alpha value is -0.540. The molecule has 0 aromatic rings. The van der Waals surface area contributed by atoms with Crippen LogP contribution in [-0.4, -0.2) is 16.1 Å². The third kappa shape index (κ3) is 224. The molecule has 4 N–H and O–H groups in total. The lowest BCUT2D eigenvalue weighted by Gasteiger charge is -1.61. The van der Waals surface area contributed by atoms with E-state index in [1.165, 1.54) is 0 Å². The Balaban J connectivity index is 0. The van der Waals surface area contributed by atoms with Crippen molar-refractivity contribution in [2.75, 3.05) is 0 Å². The summed E-state index contributed by atoms with van der Waals surface area (Å²) in [5, 5.41) is 7.19. The maximum atomic E-state index is 8.78. The monoisotopic (exact) mass is 127 g/mol. The molecule has 0 spiro atoms. The minimum atomic E-state index is -1.50.